The Balaban J connectivity index is 1.53. The smallest absolute Gasteiger partial charge is 0.368 e. The third kappa shape index (κ3) is 5.62. The van der Waals surface area contributed by atoms with Gasteiger partial charge in [0.25, 0.3) is 0 Å². The average molecular weight is 450 g/mol. The zero-order chi connectivity index (χ0) is 20.3. The topological polar surface area (TPSA) is 35.6 Å². The van der Waals surface area contributed by atoms with Crippen LogP contribution in [0.3, 0.4) is 0 Å². The van der Waals surface area contributed by atoms with Gasteiger partial charge in [-0.2, -0.15) is 13.2 Å². The molecule has 2 aromatic carbocycles. The Bertz CT molecular complexity index is 841. The number of nitrogens with zero attached hydrogens (tertiary/aromatic N) is 2. The van der Waals surface area contributed by atoms with E-state index < -0.39 is 5.51 Å². The fourth-order valence-electron chi connectivity index (χ4n) is 2.79. The second-order valence-electron chi connectivity index (χ2n) is 6.07. The summed E-state index contributed by atoms with van der Waals surface area (Å²) in [5.74, 6) is 0. The highest BCUT2D eigenvalue weighted by Crippen LogP contribution is 2.37. The molecule has 0 saturated carbocycles. The Morgan fingerprint density at radius 3 is 2.18 bits per heavy atom. The summed E-state index contributed by atoms with van der Waals surface area (Å²) in [4.78, 5) is 16.2. The van der Waals surface area contributed by atoms with Gasteiger partial charge < -0.3 is 15.1 Å². The van der Waals surface area contributed by atoms with Crippen molar-refractivity contribution in [2.45, 2.75) is 10.4 Å². The molecule has 0 bridgehead atoms. The van der Waals surface area contributed by atoms with Gasteiger partial charge in [0.1, 0.15) is 0 Å². The molecule has 0 atom stereocenters. The lowest BCUT2D eigenvalue weighted by Gasteiger charge is -2.36. The highest BCUT2D eigenvalue weighted by atomic mass is 35.5. The molecule has 0 aromatic heterocycles. The van der Waals surface area contributed by atoms with Crippen molar-refractivity contribution < 1.29 is 18.0 Å². The third-order valence-corrected chi connectivity index (χ3v) is 5.65. The summed E-state index contributed by atoms with van der Waals surface area (Å²) in [6.07, 6.45) is 0. The van der Waals surface area contributed by atoms with Crippen molar-refractivity contribution in [3.05, 3.63) is 52.5 Å². The molecule has 0 unspecified atom stereocenters. The lowest BCUT2D eigenvalue weighted by atomic mass is 10.2. The number of nitrogens with one attached hydrogen (secondary N) is 1. The van der Waals surface area contributed by atoms with Gasteiger partial charge in [0, 0.05) is 42.4 Å². The van der Waals surface area contributed by atoms with Crippen molar-refractivity contribution in [1.82, 2.24) is 4.90 Å². The second kappa shape index (κ2) is 8.71. The molecular formula is C18H16Cl2F3N3OS. The van der Waals surface area contributed by atoms with Gasteiger partial charge in [-0.25, -0.2) is 4.79 Å². The molecule has 1 N–H and O–H groups in total. The molecule has 2 aromatic rings. The molecule has 1 saturated heterocycles. The molecule has 1 heterocycles. The van der Waals surface area contributed by atoms with Gasteiger partial charge in [0.2, 0.25) is 0 Å². The Morgan fingerprint density at radius 1 is 0.964 bits per heavy atom. The number of carbonyl (C=O) groups excluding carboxylic acids is 1. The van der Waals surface area contributed by atoms with E-state index in [1.54, 1.807) is 17.0 Å². The zero-order valence-corrected chi connectivity index (χ0v) is 16.8. The SMILES string of the molecule is O=C(Nc1ccc(SC(F)(F)F)cc1)N1CCN(c2ccc(Cl)c(Cl)c2)CC1. The summed E-state index contributed by atoms with van der Waals surface area (Å²) in [6, 6.07) is 10.7. The van der Waals surface area contributed by atoms with E-state index in [1.165, 1.54) is 24.3 Å². The number of halogens is 5. The molecule has 3 rings (SSSR count). The first-order valence-corrected chi connectivity index (χ1v) is 9.90. The maximum Gasteiger partial charge on any atom is 0.446 e. The predicted molar refractivity (Wildman–Crippen MR) is 108 cm³/mol. The highest BCUT2D eigenvalue weighted by molar-refractivity contribution is 8.00. The van der Waals surface area contributed by atoms with Crippen LogP contribution in [0.2, 0.25) is 10.0 Å². The Kier molecular flexibility index (Phi) is 6.52. The monoisotopic (exact) mass is 449 g/mol. The first kappa shape index (κ1) is 21.0. The van der Waals surface area contributed by atoms with Gasteiger partial charge in [0.05, 0.1) is 10.0 Å². The number of thioether (sulfide) groups is 1. The second-order valence-corrected chi connectivity index (χ2v) is 8.03. The van der Waals surface area contributed by atoms with Crippen molar-refractivity contribution >= 4 is 52.4 Å². The van der Waals surface area contributed by atoms with Crippen LogP contribution in [-0.2, 0) is 0 Å². The number of alkyl halides is 3. The third-order valence-electron chi connectivity index (χ3n) is 4.17. The molecule has 0 spiro atoms. The van der Waals surface area contributed by atoms with Gasteiger partial charge in [-0.15, -0.1) is 0 Å². The molecule has 1 aliphatic heterocycles. The van der Waals surface area contributed by atoms with Gasteiger partial charge in [0.15, 0.2) is 0 Å². The normalized spacial score (nSPS) is 14.9. The molecule has 2 amide bonds. The van der Waals surface area contributed by atoms with Gasteiger partial charge in [-0.3, -0.25) is 0 Å². The molecule has 28 heavy (non-hydrogen) atoms. The van der Waals surface area contributed by atoms with E-state index in [1.807, 2.05) is 6.07 Å². The fourth-order valence-corrected chi connectivity index (χ4v) is 3.62. The summed E-state index contributed by atoms with van der Waals surface area (Å²) in [5.41, 5.74) is -2.95. The summed E-state index contributed by atoms with van der Waals surface area (Å²) in [5, 5.41) is 3.68. The van der Waals surface area contributed by atoms with Crippen molar-refractivity contribution in [1.29, 1.82) is 0 Å². The summed E-state index contributed by atoms with van der Waals surface area (Å²) in [6.45, 7) is 2.28. The zero-order valence-electron chi connectivity index (χ0n) is 14.5. The molecule has 1 aliphatic rings. The van der Waals surface area contributed by atoms with E-state index in [4.69, 9.17) is 23.2 Å². The van der Waals surface area contributed by atoms with Crippen LogP contribution in [0.5, 0.6) is 0 Å². The van der Waals surface area contributed by atoms with Crippen molar-refractivity contribution in [2.75, 3.05) is 36.4 Å². The van der Waals surface area contributed by atoms with Crippen LogP contribution in [0.25, 0.3) is 0 Å². The summed E-state index contributed by atoms with van der Waals surface area (Å²) in [7, 11) is 0. The summed E-state index contributed by atoms with van der Waals surface area (Å²) >= 11 is 11.8. The van der Waals surface area contributed by atoms with Crippen LogP contribution in [0.1, 0.15) is 0 Å². The minimum absolute atomic E-state index is 0.0701. The fraction of sp³-hybridized carbons (Fsp3) is 0.278. The molecule has 0 aliphatic carbocycles. The van der Waals surface area contributed by atoms with Crippen LogP contribution in [0, 0.1) is 0 Å². The number of hydrogen-bond donors (Lipinski definition) is 1. The Morgan fingerprint density at radius 2 is 1.61 bits per heavy atom. The van der Waals surface area contributed by atoms with E-state index in [2.05, 4.69) is 10.2 Å². The van der Waals surface area contributed by atoms with Crippen molar-refractivity contribution in [3.8, 4) is 0 Å². The average Bonchev–Trinajstić information content (AvgIpc) is 2.64. The first-order valence-electron chi connectivity index (χ1n) is 8.33. The maximum atomic E-state index is 12.4. The Labute approximate surface area is 174 Å². The van der Waals surface area contributed by atoms with Crippen LogP contribution in [0.15, 0.2) is 47.4 Å². The van der Waals surface area contributed by atoms with E-state index >= 15 is 0 Å². The van der Waals surface area contributed by atoms with Crippen molar-refractivity contribution in [2.24, 2.45) is 0 Å². The molecule has 1 fully saturated rings. The van der Waals surface area contributed by atoms with E-state index in [9.17, 15) is 18.0 Å². The standard InChI is InChI=1S/C18H16Cl2F3N3OS/c19-15-6-3-13(11-16(15)20)25-7-9-26(10-8-25)17(27)24-12-1-4-14(5-2-12)28-18(21,22)23/h1-6,11H,7-10H2,(H,24,27). The number of rotatable bonds is 3. The number of hydrogen-bond acceptors (Lipinski definition) is 3. The van der Waals surface area contributed by atoms with E-state index in [-0.39, 0.29) is 22.7 Å². The van der Waals surface area contributed by atoms with Gasteiger partial charge >= 0.3 is 11.5 Å². The van der Waals surface area contributed by atoms with Crippen LogP contribution < -0.4 is 10.2 Å². The Hall–Kier alpha value is -1.77. The largest absolute Gasteiger partial charge is 0.446 e. The molecule has 150 valence electrons. The molecule has 0 radical (unpaired) electrons. The molecule has 10 heteroatoms. The van der Waals surface area contributed by atoms with Gasteiger partial charge in [-0.05, 0) is 54.2 Å². The quantitative estimate of drug-likeness (QED) is 0.587. The maximum absolute atomic E-state index is 12.4. The number of anilines is 2. The number of carbonyl (C=O) groups is 1. The van der Waals surface area contributed by atoms with Crippen molar-refractivity contribution in [3.63, 3.8) is 0 Å². The molecule has 4 nitrogen and oxygen atoms in total. The summed E-state index contributed by atoms with van der Waals surface area (Å²) < 4.78 is 37.1. The number of benzene rings is 2. The minimum atomic E-state index is -4.33. The van der Waals surface area contributed by atoms with Crippen LogP contribution >= 0.6 is 35.0 Å². The number of urea groups is 1. The van der Waals surface area contributed by atoms with Gasteiger partial charge in [-0.1, -0.05) is 23.2 Å². The first-order chi connectivity index (χ1) is 13.2. The minimum Gasteiger partial charge on any atom is -0.368 e. The lowest BCUT2D eigenvalue weighted by Crippen LogP contribution is -2.50. The highest BCUT2D eigenvalue weighted by Gasteiger charge is 2.29. The number of amides is 2. The van der Waals surface area contributed by atoms with E-state index in [0.717, 1.165) is 5.69 Å². The number of piperazine rings is 1. The predicted octanol–water partition coefficient (Wildman–Crippen LogP) is 5.96. The van der Waals surface area contributed by atoms with Crippen LogP contribution in [-0.4, -0.2) is 42.6 Å². The molecular weight excluding hydrogens is 434 g/mol. The van der Waals surface area contributed by atoms with Crippen LogP contribution in [0.4, 0.5) is 29.3 Å². The lowest BCUT2D eigenvalue weighted by molar-refractivity contribution is -0.0328. The van der Waals surface area contributed by atoms with E-state index in [0.29, 0.717) is 41.9 Å².